The summed E-state index contributed by atoms with van der Waals surface area (Å²) in [5.74, 6) is 0.114. The van der Waals surface area contributed by atoms with Crippen LogP contribution in [-0.4, -0.2) is 29.7 Å². The summed E-state index contributed by atoms with van der Waals surface area (Å²) >= 11 is 4.73. The van der Waals surface area contributed by atoms with E-state index in [-0.39, 0.29) is 18.2 Å². The van der Waals surface area contributed by atoms with E-state index in [0.717, 1.165) is 10.9 Å². The summed E-state index contributed by atoms with van der Waals surface area (Å²) in [7, 11) is 0. The Balaban J connectivity index is 2.04. The predicted octanol–water partition coefficient (Wildman–Crippen LogP) is 2.32. The van der Waals surface area contributed by atoms with E-state index in [9.17, 15) is 9.59 Å². The Bertz CT molecular complexity index is 402. The summed E-state index contributed by atoms with van der Waals surface area (Å²) in [6, 6.07) is 1.85. The highest BCUT2D eigenvalue weighted by Crippen LogP contribution is 2.23. The van der Waals surface area contributed by atoms with Gasteiger partial charge in [0, 0.05) is 17.4 Å². The Morgan fingerprint density at radius 2 is 2.40 bits per heavy atom. The van der Waals surface area contributed by atoms with Gasteiger partial charge in [-0.2, -0.15) is 0 Å². The van der Waals surface area contributed by atoms with Crippen LogP contribution in [0.5, 0.6) is 0 Å². The zero-order valence-electron chi connectivity index (χ0n) is 8.03. The monoisotopic (exact) mass is 287 g/mol. The van der Waals surface area contributed by atoms with E-state index in [1.807, 2.05) is 11.4 Å². The van der Waals surface area contributed by atoms with Gasteiger partial charge in [-0.15, -0.1) is 11.3 Å². The average Bonchev–Trinajstić information content (AvgIpc) is 2.76. The van der Waals surface area contributed by atoms with Crippen LogP contribution >= 0.6 is 27.3 Å². The molecule has 1 aliphatic heterocycles. The number of nitrogens with zero attached hydrogens (tertiary/aromatic N) is 1. The molecule has 1 fully saturated rings. The Labute approximate surface area is 100 Å². The molecule has 1 aliphatic rings. The van der Waals surface area contributed by atoms with Crippen molar-refractivity contribution in [3.63, 3.8) is 0 Å². The molecule has 0 radical (unpaired) electrons. The molecule has 2 heterocycles. The Morgan fingerprint density at radius 1 is 1.60 bits per heavy atom. The molecule has 0 saturated carbocycles. The third kappa shape index (κ3) is 2.29. The lowest BCUT2D eigenvalue weighted by Crippen LogP contribution is -2.30. The second-order valence-electron chi connectivity index (χ2n) is 3.44. The molecule has 0 bridgehead atoms. The highest BCUT2D eigenvalue weighted by Gasteiger charge is 2.23. The molecule has 1 saturated heterocycles. The maximum absolute atomic E-state index is 11.8. The van der Waals surface area contributed by atoms with Crippen molar-refractivity contribution in [2.24, 2.45) is 0 Å². The molecule has 80 valence electrons. The van der Waals surface area contributed by atoms with Gasteiger partial charge < -0.3 is 4.90 Å². The van der Waals surface area contributed by atoms with E-state index in [2.05, 4.69) is 15.9 Å². The smallest absolute Gasteiger partial charge is 0.223 e. The zero-order valence-corrected chi connectivity index (χ0v) is 10.4. The maximum atomic E-state index is 11.8. The maximum Gasteiger partial charge on any atom is 0.223 e. The molecule has 2 rings (SSSR count). The average molecular weight is 288 g/mol. The molecule has 1 aromatic heterocycles. The second kappa shape index (κ2) is 4.45. The van der Waals surface area contributed by atoms with Crippen molar-refractivity contribution in [2.75, 3.05) is 13.1 Å². The number of carbonyl (C=O) groups is 2. The number of thiophene rings is 1. The normalized spacial score (nSPS) is 16.1. The fourth-order valence-electron chi connectivity index (χ4n) is 1.61. The third-order valence-corrected chi connectivity index (χ3v) is 4.26. The molecule has 0 spiro atoms. The van der Waals surface area contributed by atoms with Crippen molar-refractivity contribution in [2.45, 2.75) is 12.8 Å². The SMILES string of the molecule is O=C(CN1CCCC1=O)c1sccc1Br. The van der Waals surface area contributed by atoms with E-state index in [1.165, 1.54) is 11.3 Å². The first kappa shape index (κ1) is 10.8. The van der Waals surface area contributed by atoms with Gasteiger partial charge in [-0.3, -0.25) is 9.59 Å². The van der Waals surface area contributed by atoms with Crippen LogP contribution in [0, 0.1) is 0 Å². The summed E-state index contributed by atoms with van der Waals surface area (Å²) in [5, 5.41) is 1.86. The van der Waals surface area contributed by atoms with Crippen molar-refractivity contribution < 1.29 is 9.59 Å². The molecule has 0 atom stereocenters. The van der Waals surface area contributed by atoms with Crippen molar-refractivity contribution in [3.8, 4) is 0 Å². The van der Waals surface area contributed by atoms with Crippen molar-refractivity contribution in [3.05, 3.63) is 20.8 Å². The van der Waals surface area contributed by atoms with Crippen LogP contribution in [0.1, 0.15) is 22.5 Å². The summed E-state index contributed by atoms with van der Waals surface area (Å²) in [6.07, 6.45) is 1.45. The van der Waals surface area contributed by atoms with Crippen LogP contribution in [-0.2, 0) is 4.79 Å². The molecule has 15 heavy (non-hydrogen) atoms. The summed E-state index contributed by atoms with van der Waals surface area (Å²) < 4.78 is 0.823. The molecule has 0 aliphatic carbocycles. The first-order chi connectivity index (χ1) is 7.18. The quantitative estimate of drug-likeness (QED) is 0.800. The van der Waals surface area contributed by atoms with Gasteiger partial charge in [0.1, 0.15) is 0 Å². The van der Waals surface area contributed by atoms with Gasteiger partial charge in [-0.05, 0) is 33.8 Å². The lowest BCUT2D eigenvalue weighted by atomic mass is 10.3. The van der Waals surface area contributed by atoms with Gasteiger partial charge >= 0.3 is 0 Å². The van der Waals surface area contributed by atoms with Gasteiger partial charge in [0.25, 0.3) is 0 Å². The number of halogens is 1. The number of rotatable bonds is 3. The zero-order chi connectivity index (χ0) is 10.8. The van der Waals surface area contributed by atoms with Crippen molar-refractivity contribution in [1.82, 2.24) is 4.90 Å². The number of likely N-dealkylation sites (tertiary alicyclic amines) is 1. The first-order valence-corrected chi connectivity index (χ1v) is 6.39. The van der Waals surface area contributed by atoms with Crippen molar-refractivity contribution >= 4 is 39.0 Å². The molecular formula is C10H10BrNO2S. The van der Waals surface area contributed by atoms with Crippen molar-refractivity contribution in [1.29, 1.82) is 0 Å². The minimum atomic E-state index is 0.0205. The highest BCUT2D eigenvalue weighted by molar-refractivity contribution is 9.10. The molecule has 1 amide bonds. The summed E-state index contributed by atoms with van der Waals surface area (Å²) in [6.45, 7) is 0.936. The van der Waals surface area contributed by atoms with E-state index >= 15 is 0 Å². The van der Waals surface area contributed by atoms with Crippen LogP contribution in [0.15, 0.2) is 15.9 Å². The molecule has 1 aromatic rings. The van der Waals surface area contributed by atoms with Gasteiger partial charge in [-0.25, -0.2) is 0 Å². The number of hydrogen-bond acceptors (Lipinski definition) is 3. The second-order valence-corrected chi connectivity index (χ2v) is 5.21. The van der Waals surface area contributed by atoms with Crippen LogP contribution < -0.4 is 0 Å². The topological polar surface area (TPSA) is 37.4 Å². The lowest BCUT2D eigenvalue weighted by molar-refractivity contribution is -0.127. The Morgan fingerprint density at radius 3 is 2.93 bits per heavy atom. The van der Waals surface area contributed by atoms with Crippen LogP contribution in [0.25, 0.3) is 0 Å². The Hall–Kier alpha value is -0.680. The van der Waals surface area contributed by atoms with Crippen LogP contribution in [0.2, 0.25) is 0 Å². The van der Waals surface area contributed by atoms with E-state index in [0.29, 0.717) is 17.8 Å². The molecule has 3 nitrogen and oxygen atoms in total. The van der Waals surface area contributed by atoms with Crippen LogP contribution in [0.4, 0.5) is 0 Å². The number of Topliss-reactive ketones (excluding diaryl/α,β-unsaturated/α-hetero) is 1. The molecule has 0 aromatic carbocycles. The number of carbonyl (C=O) groups excluding carboxylic acids is 2. The highest BCUT2D eigenvalue weighted by atomic mass is 79.9. The largest absolute Gasteiger partial charge is 0.335 e. The van der Waals surface area contributed by atoms with Gasteiger partial charge in [0.15, 0.2) is 5.78 Å². The molecule has 5 heteroatoms. The van der Waals surface area contributed by atoms with E-state index < -0.39 is 0 Å². The first-order valence-electron chi connectivity index (χ1n) is 4.72. The van der Waals surface area contributed by atoms with E-state index in [1.54, 1.807) is 4.90 Å². The van der Waals surface area contributed by atoms with Gasteiger partial charge in [0.2, 0.25) is 5.91 Å². The fourth-order valence-corrected chi connectivity index (χ4v) is 3.13. The van der Waals surface area contributed by atoms with Gasteiger partial charge in [-0.1, -0.05) is 0 Å². The number of ketones is 1. The lowest BCUT2D eigenvalue weighted by Gasteiger charge is -2.13. The summed E-state index contributed by atoms with van der Waals surface area (Å²) in [5.41, 5.74) is 0. The Kier molecular flexibility index (Phi) is 3.21. The standard InChI is InChI=1S/C10H10BrNO2S/c11-7-3-5-15-10(7)8(13)6-12-4-1-2-9(12)14/h3,5H,1-2,4,6H2. The van der Waals surface area contributed by atoms with Crippen LogP contribution in [0.3, 0.4) is 0 Å². The molecule has 0 unspecified atom stereocenters. The predicted molar refractivity (Wildman–Crippen MR) is 62.2 cm³/mol. The third-order valence-electron chi connectivity index (χ3n) is 2.38. The molecular weight excluding hydrogens is 278 g/mol. The number of hydrogen-bond donors (Lipinski definition) is 0. The fraction of sp³-hybridized carbons (Fsp3) is 0.400. The van der Waals surface area contributed by atoms with E-state index in [4.69, 9.17) is 0 Å². The molecule has 0 N–H and O–H groups in total. The number of amides is 1. The minimum Gasteiger partial charge on any atom is -0.335 e. The summed E-state index contributed by atoms with van der Waals surface area (Å²) in [4.78, 5) is 25.5. The van der Waals surface area contributed by atoms with Gasteiger partial charge in [0.05, 0.1) is 11.4 Å². The minimum absolute atomic E-state index is 0.0205.